The Kier molecular flexibility index (Phi) is 3.43. The first-order valence-electron chi connectivity index (χ1n) is 6.36. The molecular weight excluding hydrogens is 242 g/mol. The van der Waals surface area contributed by atoms with E-state index in [1.54, 1.807) is 6.26 Å². The average molecular weight is 259 g/mol. The molecule has 2 aromatic rings. The van der Waals surface area contributed by atoms with Crippen molar-refractivity contribution in [2.75, 3.05) is 5.75 Å². The molecule has 1 aliphatic rings. The third kappa shape index (κ3) is 2.33. The lowest BCUT2D eigenvalue weighted by atomic mass is 10.0. The van der Waals surface area contributed by atoms with E-state index in [9.17, 15) is 0 Å². The van der Waals surface area contributed by atoms with Gasteiger partial charge < -0.3 is 9.73 Å². The third-order valence-corrected chi connectivity index (χ3v) is 4.50. The summed E-state index contributed by atoms with van der Waals surface area (Å²) in [6.45, 7) is 2.16. The molecule has 18 heavy (non-hydrogen) atoms. The van der Waals surface area contributed by atoms with Gasteiger partial charge in [0.15, 0.2) is 0 Å². The minimum absolute atomic E-state index is 0.251. The summed E-state index contributed by atoms with van der Waals surface area (Å²) in [5.41, 5.74) is 1.42. The summed E-state index contributed by atoms with van der Waals surface area (Å²) >= 11 is 1.95. The Hall–Kier alpha value is -1.19. The van der Waals surface area contributed by atoms with Gasteiger partial charge in [0.1, 0.15) is 5.76 Å². The van der Waals surface area contributed by atoms with Crippen molar-refractivity contribution in [2.45, 2.75) is 30.3 Å². The molecular formula is C15H17NOS. The van der Waals surface area contributed by atoms with Crippen LogP contribution in [-0.2, 0) is 0 Å². The van der Waals surface area contributed by atoms with Crippen LogP contribution < -0.4 is 5.32 Å². The fourth-order valence-corrected chi connectivity index (χ4v) is 3.56. The highest BCUT2D eigenvalue weighted by Gasteiger charge is 2.22. The minimum atomic E-state index is 0.251. The first-order valence-corrected chi connectivity index (χ1v) is 7.34. The van der Waals surface area contributed by atoms with Crippen LogP contribution in [0.1, 0.15) is 36.8 Å². The number of nitrogens with one attached hydrogen (secondary N) is 1. The van der Waals surface area contributed by atoms with E-state index in [0.717, 1.165) is 5.76 Å². The summed E-state index contributed by atoms with van der Waals surface area (Å²) in [5.74, 6) is 2.19. The van der Waals surface area contributed by atoms with Gasteiger partial charge in [0, 0.05) is 10.9 Å². The third-order valence-electron chi connectivity index (χ3n) is 3.38. The van der Waals surface area contributed by atoms with Crippen LogP contribution in [0.15, 0.2) is 52.0 Å². The molecule has 0 amide bonds. The van der Waals surface area contributed by atoms with Gasteiger partial charge in [-0.05, 0) is 42.9 Å². The maximum Gasteiger partial charge on any atom is 0.120 e. The second-order valence-corrected chi connectivity index (χ2v) is 5.77. The van der Waals surface area contributed by atoms with E-state index in [1.165, 1.54) is 22.6 Å². The van der Waals surface area contributed by atoms with Crippen LogP contribution in [0.5, 0.6) is 0 Å². The Morgan fingerprint density at radius 1 is 1.28 bits per heavy atom. The zero-order valence-corrected chi connectivity index (χ0v) is 11.2. The normalized spacial score (nSPS) is 20.4. The predicted molar refractivity (Wildman–Crippen MR) is 74.8 cm³/mol. The standard InChI is InChI=1S/C15H17NOS/c1-11(14-6-4-9-17-14)16-13-8-10-18-15-7-3-2-5-12(13)15/h2-7,9,11,13,16H,8,10H2,1H3/t11-,13?/m0/s1. The van der Waals surface area contributed by atoms with Crippen LogP contribution in [0, 0.1) is 0 Å². The summed E-state index contributed by atoms with van der Waals surface area (Å²) in [6.07, 6.45) is 2.91. The molecule has 1 aromatic heterocycles. The monoisotopic (exact) mass is 259 g/mol. The molecule has 0 radical (unpaired) electrons. The summed E-state index contributed by atoms with van der Waals surface area (Å²) < 4.78 is 5.46. The smallest absolute Gasteiger partial charge is 0.120 e. The first kappa shape index (κ1) is 11.9. The summed E-state index contributed by atoms with van der Waals surface area (Å²) in [5, 5.41) is 3.67. The minimum Gasteiger partial charge on any atom is -0.468 e. The highest BCUT2D eigenvalue weighted by molar-refractivity contribution is 7.99. The molecule has 1 aromatic carbocycles. The second-order valence-electron chi connectivity index (χ2n) is 4.63. The summed E-state index contributed by atoms with van der Waals surface area (Å²) in [7, 11) is 0. The fraction of sp³-hybridized carbons (Fsp3) is 0.333. The lowest BCUT2D eigenvalue weighted by molar-refractivity contribution is 0.384. The van der Waals surface area contributed by atoms with Gasteiger partial charge in [-0.3, -0.25) is 0 Å². The van der Waals surface area contributed by atoms with E-state index in [2.05, 4.69) is 36.5 Å². The predicted octanol–water partition coefficient (Wildman–Crippen LogP) is 4.17. The van der Waals surface area contributed by atoms with Crippen molar-refractivity contribution >= 4 is 11.8 Å². The summed E-state index contributed by atoms with van der Waals surface area (Å²) in [6, 6.07) is 13.3. The zero-order chi connectivity index (χ0) is 12.4. The van der Waals surface area contributed by atoms with Gasteiger partial charge in [-0.15, -0.1) is 11.8 Å². The van der Waals surface area contributed by atoms with Crippen LogP contribution in [0.2, 0.25) is 0 Å². The molecule has 2 nitrogen and oxygen atoms in total. The number of hydrogen-bond acceptors (Lipinski definition) is 3. The number of rotatable bonds is 3. The highest BCUT2D eigenvalue weighted by Crippen LogP contribution is 2.36. The van der Waals surface area contributed by atoms with Gasteiger partial charge in [-0.1, -0.05) is 18.2 Å². The van der Waals surface area contributed by atoms with E-state index in [1.807, 2.05) is 23.9 Å². The van der Waals surface area contributed by atoms with E-state index in [4.69, 9.17) is 4.42 Å². The number of thioether (sulfide) groups is 1. The molecule has 0 saturated heterocycles. The van der Waals surface area contributed by atoms with E-state index in [0.29, 0.717) is 6.04 Å². The SMILES string of the molecule is C[C@H](NC1CCSc2ccccc21)c1ccco1. The molecule has 0 aliphatic carbocycles. The summed E-state index contributed by atoms with van der Waals surface area (Å²) in [4.78, 5) is 1.41. The Labute approximate surface area is 112 Å². The van der Waals surface area contributed by atoms with Crippen molar-refractivity contribution < 1.29 is 4.42 Å². The molecule has 3 rings (SSSR count). The van der Waals surface area contributed by atoms with Crippen molar-refractivity contribution in [1.82, 2.24) is 5.32 Å². The van der Waals surface area contributed by atoms with Crippen LogP contribution >= 0.6 is 11.8 Å². The van der Waals surface area contributed by atoms with Crippen LogP contribution in [0.3, 0.4) is 0 Å². The molecule has 94 valence electrons. The molecule has 0 fully saturated rings. The lowest BCUT2D eigenvalue weighted by Gasteiger charge is -2.28. The molecule has 0 spiro atoms. The van der Waals surface area contributed by atoms with Crippen molar-refractivity contribution in [1.29, 1.82) is 0 Å². The number of fused-ring (bicyclic) bond motifs is 1. The highest BCUT2D eigenvalue weighted by atomic mass is 32.2. The quantitative estimate of drug-likeness (QED) is 0.895. The van der Waals surface area contributed by atoms with Gasteiger partial charge in [-0.25, -0.2) is 0 Å². The Bertz CT molecular complexity index is 509. The molecule has 3 heteroatoms. The molecule has 0 saturated carbocycles. The molecule has 2 atom stereocenters. The van der Waals surface area contributed by atoms with Gasteiger partial charge in [-0.2, -0.15) is 0 Å². The lowest BCUT2D eigenvalue weighted by Crippen LogP contribution is -2.27. The molecule has 2 heterocycles. The number of benzene rings is 1. The largest absolute Gasteiger partial charge is 0.468 e. The van der Waals surface area contributed by atoms with Crippen molar-refractivity contribution in [2.24, 2.45) is 0 Å². The van der Waals surface area contributed by atoms with E-state index >= 15 is 0 Å². The molecule has 1 unspecified atom stereocenters. The zero-order valence-electron chi connectivity index (χ0n) is 10.4. The molecule has 1 N–H and O–H groups in total. The topological polar surface area (TPSA) is 25.2 Å². The van der Waals surface area contributed by atoms with Crippen molar-refractivity contribution in [3.8, 4) is 0 Å². The van der Waals surface area contributed by atoms with Gasteiger partial charge in [0.25, 0.3) is 0 Å². The second kappa shape index (κ2) is 5.21. The van der Waals surface area contributed by atoms with Crippen molar-refractivity contribution in [3.05, 3.63) is 54.0 Å². The van der Waals surface area contributed by atoms with Crippen LogP contribution in [0.4, 0.5) is 0 Å². The van der Waals surface area contributed by atoms with Gasteiger partial charge in [0.05, 0.1) is 12.3 Å². The van der Waals surface area contributed by atoms with Gasteiger partial charge in [0.2, 0.25) is 0 Å². The number of hydrogen-bond donors (Lipinski definition) is 1. The maximum absolute atomic E-state index is 5.46. The van der Waals surface area contributed by atoms with Crippen molar-refractivity contribution in [3.63, 3.8) is 0 Å². The van der Waals surface area contributed by atoms with E-state index in [-0.39, 0.29) is 6.04 Å². The first-order chi connectivity index (χ1) is 8.84. The Balaban J connectivity index is 1.78. The maximum atomic E-state index is 5.46. The Morgan fingerprint density at radius 2 is 2.17 bits per heavy atom. The van der Waals surface area contributed by atoms with Crippen LogP contribution in [0.25, 0.3) is 0 Å². The van der Waals surface area contributed by atoms with E-state index < -0.39 is 0 Å². The van der Waals surface area contributed by atoms with Gasteiger partial charge >= 0.3 is 0 Å². The fourth-order valence-electron chi connectivity index (χ4n) is 2.44. The molecule has 1 aliphatic heterocycles. The van der Waals surface area contributed by atoms with Crippen LogP contribution in [-0.4, -0.2) is 5.75 Å². The average Bonchev–Trinajstić information content (AvgIpc) is 2.93. The molecule has 0 bridgehead atoms. The Morgan fingerprint density at radius 3 is 3.00 bits per heavy atom. The number of furan rings is 1.